The monoisotopic (exact) mass is 219 g/mol. The molecule has 0 amide bonds. The molecule has 1 fully saturated rings. The van der Waals surface area contributed by atoms with E-state index in [1.807, 2.05) is 19.1 Å². The lowest BCUT2D eigenvalue weighted by atomic mass is 9.73. The highest BCUT2D eigenvalue weighted by Gasteiger charge is 2.42. The lowest BCUT2D eigenvalue weighted by molar-refractivity contribution is 0.101. The minimum absolute atomic E-state index is 0.239. The molecule has 0 saturated carbocycles. The lowest BCUT2D eigenvalue weighted by Crippen LogP contribution is -2.39. The van der Waals surface area contributed by atoms with Crippen molar-refractivity contribution in [2.24, 2.45) is 5.41 Å². The highest BCUT2D eigenvalue weighted by atomic mass is 16.5. The van der Waals surface area contributed by atoms with Crippen LogP contribution in [0.4, 0.5) is 0 Å². The van der Waals surface area contributed by atoms with Crippen molar-refractivity contribution in [3.05, 3.63) is 36.1 Å². The van der Waals surface area contributed by atoms with Crippen molar-refractivity contribution in [1.29, 1.82) is 0 Å². The zero-order valence-electron chi connectivity index (χ0n) is 10.3. The number of piperidine rings is 1. The van der Waals surface area contributed by atoms with E-state index >= 15 is 0 Å². The fraction of sp³-hybridized carbons (Fsp3) is 0.571. The Morgan fingerprint density at radius 3 is 2.62 bits per heavy atom. The van der Waals surface area contributed by atoms with Crippen LogP contribution in [-0.4, -0.2) is 31.6 Å². The molecule has 0 bridgehead atoms. The molecule has 2 nitrogen and oxygen atoms in total. The first-order valence-corrected chi connectivity index (χ1v) is 6.03. The topological polar surface area (TPSA) is 12.5 Å². The first-order valence-electron chi connectivity index (χ1n) is 6.03. The molecule has 2 aliphatic heterocycles. The minimum Gasteiger partial charge on any atom is -0.492 e. The van der Waals surface area contributed by atoms with Crippen molar-refractivity contribution in [2.75, 3.05) is 26.7 Å². The van der Waals surface area contributed by atoms with E-state index in [1.54, 1.807) is 0 Å². The molecule has 1 spiro atoms. The first kappa shape index (κ1) is 11.5. The second-order valence-electron chi connectivity index (χ2n) is 4.85. The van der Waals surface area contributed by atoms with Gasteiger partial charge in [-0.2, -0.15) is 0 Å². The summed E-state index contributed by atoms with van der Waals surface area (Å²) in [5, 5.41) is 0. The summed E-state index contributed by atoms with van der Waals surface area (Å²) >= 11 is 0. The van der Waals surface area contributed by atoms with Gasteiger partial charge in [0.25, 0.3) is 0 Å². The Morgan fingerprint density at radius 2 is 2.06 bits per heavy atom. The fourth-order valence-corrected chi connectivity index (χ4v) is 2.70. The van der Waals surface area contributed by atoms with Crippen LogP contribution < -0.4 is 0 Å². The van der Waals surface area contributed by atoms with Crippen LogP contribution in [0, 0.1) is 5.41 Å². The van der Waals surface area contributed by atoms with Gasteiger partial charge in [-0.15, -0.1) is 0 Å². The van der Waals surface area contributed by atoms with Crippen LogP contribution in [0.5, 0.6) is 0 Å². The molecule has 16 heavy (non-hydrogen) atoms. The number of nitrogens with zero attached hydrogens (tertiary/aromatic N) is 1. The smallest absolute Gasteiger partial charge is 0.122 e. The van der Waals surface area contributed by atoms with E-state index in [4.69, 9.17) is 4.74 Å². The standard InChI is InChI=1S/C14H21NO/c1-4-6-13-12(5-2)14(11-16-13)7-9-15(3)10-8-14/h4-6H,2,7-11H2,1,3H3/b6-4-. The lowest BCUT2D eigenvalue weighted by Gasteiger charge is -2.37. The Kier molecular flexibility index (Phi) is 3.20. The second kappa shape index (κ2) is 4.46. The maximum atomic E-state index is 5.83. The van der Waals surface area contributed by atoms with E-state index in [1.165, 1.54) is 18.4 Å². The van der Waals surface area contributed by atoms with E-state index < -0.39 is 0 Å². The van der Waals surface area contributed by atoms with Crippen LogP contribution in [0.1, 0.15) is 19.8 Å². The third-order valence-electron chi connectivity index (χ3n) is 3.81. The number of hydrogen-bond donors (Lipinski definition) is 0. The summed E-state index contributed by atoms with van der Waals surface area (Å²) in [6, 6.07) is 0. The minimum atomic E-state index is 0.239. The predicted octanol–water partition coefficient (Wildman–Crippen LogP) is 2.74. The van der Waals surface area contributed by atoms with Crippen LogP contribution in [-0.2, 0) is 4.74 Å². The van der Waals surface area contributed by atoms with Gasteiger partial charge < -0.3 is 9.64 Å². The largest absolute Gasteiger partial charge is 0.492 e. The highest BCUT2D eigenvalue weighted by Crippen LogP contribution is 2.45. The molecule has 0 atom stereocenters. The van der Waals surface area contributed by atoms with Crippen LogP contribution in [0.2, 0.25) is 0 Å². The number of ether oxygens (including phenoxy) is 1. The summed E-state index contributed by atoms with van der Waals surface area (Å²) in [5.41, 5.74) is 1.56. The maximum Gasteiger partial charge on any atom is 0.122 e. The second-order valence-corrected chi connectivity index (χ2v) is 4.85. The van der Waals surface area contributed by atoms with Crippen molar-refractivity contribution in [3.8, 4) is 0 Å². The van der Waals surface area contributed by atoms with Gasteiger partial charge in [0.15, 0.2) is 0 Å². The summed E-state index contributed by atoms with van der Waals surface area (Å²) in [7, 11) is 2.19. The normalized spacial score (nSPS) is 25.4. The van der Waals surface area contributed by atoms with Crippen LogP contribution in [0.25, 0.3) is 0 Å². The average Bonchev–Trinajstić information content (AvgIpc) is 2.62. The molecule has 0 N–H and O–H groups in total. The van der Waals surface area contributed by atoms with E-state index in [-0.39, 0.29) is 5.41 Å². The molecule has 2 aliphatic rings. The van der Waals surface area contributed by atoms with Crippen molar-refractivity contribution < 1.29 is 4.74 Å². The zero-order chi connectivity index (χ0) is 11.6. The number of allylic oxidation sites excluding steroid dienone is 3. The van der Waals surface area contributed by atoms with Gasteiger partial charge in [0, 0.05) is 11.0 Å². The van der Waals surface area contributed by atoms with Gasteiger partial charge in [0.2, 0.25) is 0 Å². The van der Waals surface area contributed by atoms with Crippen LogP contribution >= 0.6 is 0 Å². The van der Waals surface area contributed by atoms with E-state index in [0.717, 1.165) is 25.5 Å². The molecule has 0 radical (unpaired) electrons. The van der Waals surface area contributed by atoms with E-state index in [0.29, 0.717) is 0 Å². The van der Waals surface area contributed by atoms with Gasteiger partial charge in [-0.25, -0.2) is 0 Å². The van der Waals surface area contributed by atoms with Crippen LogP contribution in [0.3, 0.4) is 0 Å². The Balaban J connectivity index is 2.26. The van der Waals surface area contributed by atoms with Gasteiger partial charge in [-0.1, -0.05) is 18.7 Å². The SMILES string of the molecule is C=CC1=C(/C=C\C)OCC12CCN(C)CC2. The van der Waals surface area contributed by atoms with Crippen molar-refractivity contribution >= 4 is 0 Å². The summed E-state index contributed by atoms with van der Waals surface area (Å²) in [6.45, 7) is 9.13. The Labute approximate surface area is 98.3 Å². The Morgan fingerprint density at radius 1 is 1.38 bits per heavy atom. The molecule has 88 valence electrons. The van der Waals surface area contributed by atoms with Gasteiger partial charge in [-0.05, 0) is 46.0 Å². The summed E-state index contributed by atoms with van der Waals surface area (Å²) in [4.78, 5) is 2.39. The summed E-state index contributed by atoms with van der Waals surface area (Å²) in [5.74, 6) is 1.03. The molecule has 0 aromatic rings. The average molecular weight is 219 g/mol. The molecule has 2 heterocycles. The Hall–Kier alpha value is -1.02. The molecule has 2 rings (SSSR count). The maximum absolute atomic E-state index is 5.83. The molecule has 2 heteroatoms. The number of rotatable bonds is 2. The van der Waals surface area contributed by atoms with Gasteiger partial charge >= 0.3 is 0 Å². The zero-order valence-corrected chi connectivity index (χ0v) is 10.3. The molecule has 1 saturated heterocycles. The summed E-state index contributed by atoms with van der Waals surface area (Å²) < 4.78 is 5.83. The molecule has 0 aromatic carbocycles. The van der Waals surface area contributed by atoms with Crippen molar-refractivity contribution in [1.82, 2.24) is 4.90 Å². The van der Waals surface area contributed by atoms with Crippen molar-refractivity contribution in [3.63, 3.8) is 0 Å². The Bertz CT molecular complexity index is 333. The predicted molar refractivity (Wildman–Crippen MR) is 67.2 cm³/mol. The number of likely N-dealkylation sites (tertiary alicyclic amines) is 1. The number of hydrogen-bond acceptors (Lipinski definition) is 2. The van der Waals surface area contributed by atoms with Crippen molar-refractivity contribution in [2.45, 2.75) is 19.8 Å². The van der Waals surface area contributed by atoms with E-state index in [2.05, 4.69) is 24.6 Å². The molecule has 0 aromatic heterocycles. The first-order chi connectivity index (χ1) is 7.72. The third kappa shape index (κ3) is 1.82. The van der Waals surface area contributed by atoms with Gasteiger partial charge in [0.1, 0.15) is 5.76 Å². The third-order valence-corrected chi connectivity index (χ3v) is 3.81. The van der Waals surface area contributed by atoms with Gasteiger partial charge in [-0.3, -0.25) is 0 Å². The summed E-state index contributed by atoms with van der Waals surface area (Å²) in [6.07, 6.45) is 8.46. The van der Waals surface area contributed by atoms with Crippen LogP contribution in [0.15, 0.2) is 36.1 Å². The molecular weight excluding hydrogens is 198 g/mol. The molecule has 0 unspecified atom stereocenters. The van der Waals surface area contributed by atoms with Gasteiger partial charge in [0.05, 0.1) is 6.61 Å². The van der Waals surface area contributed by atoms with E-state index in [9.17, 15) is 0 Å². The highest BCUT2D eigenvalue weighted by molar-refractivity contribution is 5.38. The molecular formula is C14H21NO. The fourth-order valence-electron chi connectivity index (χ4n) is 2.70. The molecule has 0 aliphatic carbocycles. The quantitative estimate of drug-likeness (QED) is 0.708.